The molecule has 5 rings (SSSR count). The van der Waals surface area contributed by atoms with Gasteiger partial charge in [-0.15, -0.1) is 0 Å². The Kier molecular flexibility index (Phi) is 15.1. The number of carbonyl (C=O) groups excluding carboxylic acids is 3. The largest absolute Gasteiger partial charge is 0.465 e. The van der Waals surface area contributed by atoms with Gasteiger partial charge in [0.1, 0.15) is 23.3 Å². The standard InChI is InChI=1S/C15H11BrF2O2.C15H12F2O2.C9H9BrO2/c1-20-15(19)13-6-9(2-3-10(13)8-16)12-5-4-11(17)7-14(12)18;1-9-3-4-10(7-13(9)15(18)19-2)12-6-5-11(16)8-14(12)17;1-6-3-4-7(10)5-8(6)9(11)12-2/h2-7H,8H2,1H3;3-8H,1-2H3;3-5H,1-2H3. The summed E-state index contributed by atoms with van der Waals surface area (Å²) in [6, 6.07) is 22.0. The Morgan fingerprint density at radius 1 is 0.549 bits per heavy atom. The highest BCUT2D eigenvalue weighted by molar-refractivity contribution is 9.10. The second-order valence-corrected chi connectivity index (χ2v) is 12.2. The molecule has 0 aliphatic rings. The molecule has 0 atom stereocenters. The zero-order valence-corrected chi connectivity index (χ0v) is 31.3. The molecular weight excluding hydrogens is 800 g/mol. The van der Waals surface area contributed by atoms with Crippen LogP contribution >= 0.6 is 31.9 Å². The predicted molar refractivity (Wildman–Crippen MR) is 194 cm³/mol. The molecule has 0 bridgehead atoms. The SMILES string of the molecule is COC(=O)c1cc(-c2ccc(F)cc2F)ccc1C.COC(=O)c1cc(-c2ccc(F)cc2F)ccc1CBr.COC(=O)c1cc(Br)ccc1C. The molecule has 0 aromatic heterocycles. The van der Waals surface area contributed by atoms with Crippen LogP contribution in [0.25, 0.3) is 22.3 Å². The first-order chi connectivity index (χ1) is 24.2. The molecule has 5 aromatic carbocycles. The fourth-order valence-corrected chi connectivity index (χ4v) is 5.50. The lowest BCUT2D eigenvalue weighted by atomic mass is 9.99. The van der Waals surface area contributed by atoms with Gasteiger partial charge in [0.15, 0.2) is 0 Å². The molecule has 0 spiro atoms. The van der Waals surface area contributed by atoms with Crippen LogP contribution in [0.5, 0.6) is 0 Å². The second-order valence-electron chi connectivity index (χ2n) is 10.7. The van der Waals surface area contributed by atoms with Gasteiger partial charge in [-0.1, -0.05) is 62.2 Å². The summed E-state index contributed by atoms with van der Waals surface area (Å²) >= 11 is 6.57. The summed E-state index contributed by atoms with van der Waals surface area (Å²) in [5.74, 6) is -3.90. The van der Waals surface area contributed by atoms with Gasteiger partial charge in [0.25, 0.3) is 0 Å². The summed E-state index contributed by atoms with van der Waals surface area (Å²) in [6.07, 6.45) is 0. The third-order valence-corrected chi connectivity index (χ3v) is 8.49. The summed E-state index contributed by atoms with van der Waals surface area (Å²) in [6.45, 7) is 3.63. The van der Waals surface area contributed by atoms with Gasteiger partial charge in [0.05, 0.1) is 38.0 Å². The third-order valence-electron chi connectivity index (χ3n) is 7.39. The van der Waals surface area contributed by atoms with Crippen LogP contribution in [0.1, 0.15) is 47.8 Å². The first-order valence-electron chi connectivity index (χ1n) is 15.0. The smallest absolute Gasteiger partial charge is 0.338 e. The van der Waals surface area contributed by atoms with Gasteiger partial charge in [-0.05, 0) is 90.2 Å². The van der Waals surface area contributed by atoms with Gasteiger partial charge in [-0.3, -0.25) is 0 Å². The van der Waals surface area contributed by atoms with E-state index in [1.807, 2.05) is 19.1 Å². The van der Waals surface area contributed by atoms with E-state index in [-0.39, 0.29) is 17.1 Å². The van der Waals surface area contributed by atoms with E-state index in [1.165, 1.54) is 51.7 Å². The van der Waals surface area contributed by atoms with E-state index in [2.05, 4.69) is 41.3 Å². The monoisotopic (exact) mass is 830 g/mol. The number of esters is 3. The lowest BCUT2D eigenvalue weighted by molar-refractivity contribution is 0.0591. The minimum atomic E-state index is -0.674. The highest BCUT2D eigenvalue weighted by Crippen LogP contribution is 2.28. The molecule has 0 fully saturated rings. The number of methoxy groups -OCH3 is 3. The number of hydrogen-bond donors (Lipinski definition) is 0. The van der Waals surface area contributed by atoms with Gasteiger partial charge in [-0.25, -0.2) is 31.9 Å². The molecule has 6 nitrogen and oxygen atoms in total. The first-order valence-corrected chi connectivity index (χ1v) is 16.9. The van der Waals surface area contributed by atoms with Crippen molar-refractivity contribution in [2.45, 2.75) is 19.2 Å². The number of halogens is 6. The second kappa shape index (κ2) is 19.0. The van der Waals surface area contributed by atoms with Gasteiger partial charge in [0.2, 0.25) is 0 Å². The van der Waals surface area contributed by atoms with E-state index in [0.29, 0.717) is 33.1 Å². The van der Waals surface area contributed by atoms with E-state index >= 15 is 0 Å². The first kappa shape index (κ1) is 40.6. The van der Waals surface area contributed by atoms with Crippen LogP contribution in [0, 0.1) is 37.1 Å². The number of alkyl halides is 1. The summed E-state index contributed by atoms with van der Waals surface area (Å²) < 4.78 is 68.1. The van der Waals surface area contributed by atoms with E-state index in [4.69, 9.17) is 4.74 Å². The third kappa shape index (κ3) is 10.8. The minimum absolute atomic E-state index is 0.234. The number of ether oxygens (including phenoxy) is 3. The van der Waals surface area contributed by atoms with Crippen molar-refractivity contribution in [2.75, 3.05) is 21.3 Å². The molecule has 0 unspecified atom stereocenters. The van der Waals surface area contributed by atoms with Crippen LogP contribution in [0.2, 0.25) is 0 Å². The average molecular weight is 832 g/mol. The van der Waals surface area contributed by atoms with Gasteiger partial charge < -0.3 is 14.2 Å². The fraction of sp³-hybridized carbons (Fsp3) is 0.154. The molecule has 0 aliphatic carbocycles. The lowest BCUT2D eigenvalue weighted by Crippen LogP contribution is -2.05. The average Bonchev–Trinajstić information content (AvgIpc) is 3.12. The van der Waals surface area contributed by atoms with Crippen molar-refractivity contribution >= 4 is 49.8 Å². The number of benzene rings is 5. The number of carbonyl (C=O) groups is 3. The van der Waals surface area contributed by atoms with Gasteiger partial charge in [-0.2, -0.15) is 0 Å². The van der Waals surface area contributed by atoms with Crippen LogP contribution in [-0.4, -0.2) is 39.2 Å². The maximum Gasteiger partial charge on any atom is 0.338 e. The minimum Gasteiger partial charge on any atom is -0.465 e. The van der Waals surface area contributed by atoms with Crippen LogP contribution in [0.4, 0.5) is 17.6 Å². The Bertz CT molecular complexity index is 2050. The molecule has 0 radical (unpaired) electrons. The molecule has 5 aromatic rings. The summed E-state index contributed by atoms with van der Waals surface area (Å²) in [4.78, 5) is 34.4. The summed E-state index contributed by atoms with van der Waals surface area (Å²) in [5.41, 5.74) is 5.19. The summed E-state index contributed by atoms with van der Waals surface area (Å²) in [7, 11) is 3.95. The van der Waals surface area contributed by atoms with Crippen molar-refractivity contribution in [3.8, 4) is 22.3 Å². The van der Waals surface area contributed by atoms with Crippen molar-refractivity contribution in [1.29, 1.82) is 0 Å². The van der Waals surface area contributed by atoms with Crippen molar-refractivity contribution in [3.05, 3.63) is 152 Å². The molecule has 266 valence electrons. The maximum atomic E-state index is 13.8. The molecule has 0 saturated carbocycles. The summed E-state index contributed by atoms with van der Waals surface area (Å²) in [5, 5.41) is 0.476. The van der Waals surface area contributed by atoms with Gasteiger partial charge >= 0.3 is 17.9 Å². The van der Waals surface area contributed by atoms with Crippen LogP contribution < -0.4 is 0 Å². The lowest BCUT2D eigenvalue weighted by Gasteiger charge is -2.09. The molecule has 12 heteroatoms. The molecule has 0 aliphatic heterocycles. The maximum absolute atomic E-state index is 13.8. The quantitative estimate of drug-likeness (QED) is 0.0734. The van der Waals surface area contributed by atoms with E-state index < -0.39 is 35.2 Å². The Labute approximate surface area is 309 Å². The molecule has 0 saturated heterocycles. The van der Waals surface area contributed by atoms with Crippen LogP contribution in [0.3, 0.4) is 0 Å². The highest BCUT2D eigenvalue weighted by atomic mass is 79.9. The zero-order valence-electron chi connectivity index (χ0n) is 28.1. The van der Waals surface area contributed by atoms with Crippen LogP contribution in [-0.2, 0) is 19.5 Å². The number of aryl methyl sites for hydroxylation is 2. The highest BCUT2D eigenvalue weighted by Gasteiger charge is 2.15. The number of rotatable bonds is 6. The van der Waals surface area contributed by atoms with Crippen molar-refractivity contribution in [1.82, 2.24) is 0 Å². The van der Waals surface area contributed by atoms with E-state index in [1.54, 1.807) is 43.3 Å². The van der Waals surface area contributed by atoms with Crippen molar-refractivity contribution in [2.24, 2.45) is 0 Å². The molecule has 0 N–H and O–H groups in total. The normalized spacial score (nSPS) is 10.2. The van der Waals surface area contributed by atoms with Crippen molar-refractivity contribution < 1.29 is 46.2 Å². The molecule has 0 amide bonds. The Hall–Kier alpha value is -4.81. The predicted octanol–water partition coefficient (Wildman–Crippen LogP) is 10.6. The zero-order chi connectivity index (χ0) is 37.8. The fourth-order valence-electron chi connectivity index (χ4n) is 4.65. The van der Waals surface area contributed by atoms with Crippen molar-refractivity contribution in [3.63, 3.8) is 0 Å². The Balaban J connectivity index is 0.000000213. The number of hydrogen-bond acceptors (Lipinski definition) is 6. The molecular formula is C39H32Br2F4O6. The topological polar surface area (TPSA) is 78.9 Å². The van der Waals surface area contributed by atoms with E-state index in [0.717, 1.165) is 33.3 Å². The van der Waals surface area contributed by atoms with Gasteiger partial charge in [0, 0.05) is 33.1 Å². The Morgan fingerprint density at radius 2 is 0.961 bits per heavy atom. The molecule has 0 heterocycles. The van der Waals surface area contributed by atoms with E-state index in [9.17, 15) is 31.9 Å². The Morgan fingerprint density at radius 3 is 1.41 bits per heavy atom. The molecule has 51 heavy (non-hydrogen) atoms. The van der Waals surface area contributed by atoms with Crippen LogP contribution in [0.15, 0.2) is 95.5 Å².